The molecule has 0 spiro atoms. The van der Waals surface area contributed by atoms with Crippen LogP contribution in [0.4, 0.5) is 0 Å². The molecule has 11 heteroatoms. The highest BCUT2D eigenvalue weighted by molar-refractivity contribution is 7.91. The van der Waals surface area contributed by atoms with Crippen molar-refractivity contribution in [2.24, 2.45) is 0 Å². The van der Waals surface area contributed by atoms with Gasteiger partial charge in [-0.05, 0) is 45.2 Å². The minimum absolute atomic E-state index is 0.0368. The zero-order chi connectivity index (χ0) is 22.8. The molecule has 2 saturated heterocycles. The number of nitrogens with zero attached hydrogens (tertiary/aromatic N) is 2. The van der Waals surface area contributed by atoms with Gasteiger partial charge >= 0.3 is 5.97 Å². The van der Waals surface area contributed by atoms with Gasteiger partial charge in [0, 0.05) is 19.1 Å². The third-order valence-electron chi connectivity index (χ3n) is 5.75. The standard InChI is InChI=1S/C20H28N2O7S2/c1-3-21(16-10-12-30(25,26)14-16)19(23)13-29-20(24)18-5-4-11-22(18)31(27,28)17-8-6-15(2)7-9-17/h6-9,16,18H,3-5,10-14H2,1-2H3. The van der Waals surface area contributed by atoms with Gasteiger partial charge in [-0.2, -0.15) is 4.31 Å². The van der Waals surface area contributed by atoms with Crippen LogP contribution in [-0.2, 0) is 34.2 Å². The van der Waals surface area contributed by atoms with Crippen LogP contribution in [0.15, 0.2) is 29.2 Å². The molecule has 2 aliphatic rings. The summed E-state index contributed by atoms with van der Waals surface area (Å²) in [4.78, 5) is 26.7. The van der Waals surface area contributed by atoms with Gasteiger partial charge in [0.05, 0.1) is 16.4 Å². The molecule has 2 unspecified atom stereocenters. The van der Waals surface area contributed by atoms with Gasteiger partial charge in [-0.25, -0.2) is 16.8 Å². The van der Waals surface area contributed by atoms with Crippen LogP contribution >= 0.6 is 0 Å². The Hall–Kier alpha value is -1.98. The molecule has 2 heterocycles. The first-order valence-corrected chi connectivity index (χ1v) is 13.6. The number of carbonyl (C=O) groups is 2. The van der Waals surface area contributed by atoms with Crippen LogP contribution in [0.5, 0.6) is 0 Å². The van der Waals surface area contributed by atoms with Crippen molar-refractivity contribution < 1.29 is 31.2 Å². The summed E-state index contributed by atoms with van der Waals surface area (Å²) in [5, 5.41) is 0. The predicted molar refractivity (Wildman–Crippen MR) is 113 cm³/mol. The van der Waals surface area contributed by atoms with Gasteiger partial charge in [0.25, 0.3) is 5.91 Å². The quantitative estimate of drug-likeness (QED) is 0.537. The maximum atomic E-state index is 13.0. The Morgan fingerprint density at radius 1 is 1.19 bits per heavy atom. The highest BCUT2D eigenvalue weighted by atomic mass is 32.2. The summed E-state index contributed by atoms with van der Waals surface area (Å²) in [6.45, 7) is 3.54. The molecule has 9 nitrogen and oxygen atoms in total. The van der Waals surface area contributed by atoms with Crippen molar-refractivity contribution in [3.8, 4) is 0 Å². The first kappa shape index (κ1) is 23.7. The minimum atomic E-state index is -3.86. The van der Waals surface area contributed by atoms with Crippen LogP contribution in [0, 0.1) is 6.92 Å². The SMILES string of the molecule is CCN(C(=O)COC(=O)C1CCCN1S(=O)(=O)c1ccc(C)cc1)C1CCS(=O)(=O)C1. The van der Waals surface area contributed by atoms with Gasteiger partial charge in [-0.1, -0.05) is 17.7 Å². The molecule has 0 bridgehead atoms. The normalized spacial score (nSPS) is 23.5. The van der Waals surface area contributed by atoms with Crippen molar-refractivity contribution in [1.82, 2.24) is 9.21 Å². The summed E-state index contributed by atoms with van der Waals surface area (Å²) in [7, 11) is -7.02. The fourth-order valence-corrected chi connectivity index (χ4v) is 7.46. The molecule has 0 N–H and O–H groups in total. The van der Waals surface area contributed by atoms with E-state index in [0.29, 0.717) is 25.8 Å². The lowest BCUT2D eigenvalue weighted by molar-refractivity contribution is -0.155. The van der Waals surface area contributed by atoms with E-state index < -0.39 is 50.4 Å². The molecule has 2 atom stereocenters. The fourth-order valence-electron chi connectivity index (χ4n) is 4.08. The molecule has 1 amide bonds. The molecule has 172 valence electrons. The Morgan fingerprint density at radius 3 is 2.45 bits per heavy atom. The second kappa shape index (κ2) is 9.25. The number of sulfone groups is 1. The molecule has 2 aliphatic heterocycles. The Balaban J connectivity index is 1.64. The van der Waals surface area contributed by atoms with Crippen LogP contribution in [0.1, 0.15) is 31.7 Å². The van der Waals surface area contributed by atoms with E-state index in [1.807, 2.05) is 6.92 Å². The number of hydrogen-bond donors (Lipinski definition) is 0. The Labute approximate surface area is 183 Å². The van der Waals surface area contributed by atoms with Gasteiger partial charge in [0.1, 0.15) is 6.04 Å². The maximum absolute atomic E-state index is 13.0. The number of ether oxygens (including phenoxy) is 1. The van der Waals surface area contributed by atoms with Crippen LogP contribution in [0.3, 0.4) is 0 Å². The average molecular weight is 473 g/mol. The number of amides is 1. The monoisotopic (exact) mass is 472 g/mol. The third kappa shape index (κ3) is 5.27. The molecular weight excluding hydrogens is 444 g/mol. The van der Waals surface area contributed by atoms with E-state index in [2.05, 4.69) is 0 Å². The Morgan fingerprint density at radius 2 is 1.87 bits per heavy atom. The van der Waals surface area contributed by atoms with E-state index in [1.165, 1.54) is 17.0 Å². The van der Waals surface area contributed by atoms with Gasteiger partial charge in [-0.15, -0.1) is 0 Å². The Bertz CT molecular complexity index is 1040. The molecule has 0 aliphatic carbocycles. The van der Waals surface area contributed by atoms with Crippen LogP contribution in [-0.4, -0.2) is 81.2 Å². The molecule has 31 heavy (non-hydrogen) atoms. The van der Waals surface area contributed by atoms with Crippen molar-refractivity contribution in [3.05, 3.63) is 29.8 Å². The Kier molecular flexibility index (Phi) is 7.07. The van der Waals surface area contributed by atoms with Crippen LogP contribution in [0.2, 0.25) is 0 Å². The van der Waals surface area contributed by atoms with E-state index in [4.69, 9.17) is 4.74 Å². The smallest absolute Gasteiger partial charge is 0.324 e. The summed E-state index contributed by atoms with van der Waals surface area (Å²) in [5.74, 6) is -1.30. The predicted octanol–water partition coefficient (Wildman–Crippen LogP) is 0.727. The highest BCUT2D eigenvalue weighted by Crippen LogP contribution is 2.27. The molecule has 0 aromatic heterocycles. The van der Waals surface area contributed by atoms with Crippen LogP contribution in [0.25, 0.3) is 0 Å². The zero-order valence-corrected chi connectivity index (χ0v) is 19.3. The van der Waals surface area contributed by atoms with Gasteiger partial charge < -0.3 is 9.64 Å². The number of benzene rings is 1. The van der Waals surface area contributed by atoms with E-state index in [-0.39, 0.29) is 22.9 Å². The highest BCUT2D eigenvalue weighted by Gasteiger charge is 2.41. The van der Waals surface area contributed by atoms with E-state index in [1.54, 1.807) is 19.1 Å². The molecule has 0 radical (unpaired) electrons. The summed E-state index contributed by atoms with van der Waals surface area (Å²) in [5.41, 5.74) is 0.922. The number of carbonyl (C=O) groups excluding carboxylic acids is 2. The number of esters is 1. The summed E-state index contributed by atoms with van der Waals surface area (Å²) in [6.07, 6.45) is 1.19. The summed E-state index contributed by atoms with van der Waals surface area (Å²) in [6, 6.07) is 4.98. The van der Waals surface area contributed by atoms with Crippen LogP contribution < -0.4 is 0 Å². The second-order valence-electron chi connectivity index (χ2n) is 7.93. The van der Waals surface area contributed by atoms with Crippen molar-refractivity contribution >= 4 is 31.7 Å². The first-order valence-electron chi connectivity index (χ1n) is 10.3. The van der Waals surface area contributed by atoms with E-state index in [0.717, 1.165) is 9.87 Å². The van der Waals surface area contributed by atoms with Crippen molar-refractivity contribution in [1.29, 1.82) is 0 Å². The molecular formula is C20H28N2O7S2. The van der Waals surface area contributed by atoms with Gasteiger partial charge in [0.2, 0.25) is 10.0 Å². The third-order valence-corrected chi connectivity index (χ3v) is 9.42. The molecule has 1 aromatic carbocycles. The summed E-state index contributed by atoms with van der Waals surface area (Å²) < 4.78 is 55.7. The molecule has 0 saturated carbocycles. The van der Waals surface area contributed by atoms with Crippen molar-refractivity contribution in [2.45, 2.75) is 50.1 Å². The average Bonchev–Trinajstić information content (AvgIpc) is 3.34. The van der Waals surface area contributed by atoms with E-state index in [9.17, 15) is 26.4 Å². The first-order chi connectivity index (χ1) is 14.5. The number of hydrogen-bond acceptors (Lipinski definition) is 7. The minimum Gasteiger partial charge on any atom is -0.454 e. The van der Waals surface area contributed by atoms with E-state index >= 15 is 0 Å². The summed E-state index contributed by atoms with van der Waals surface area (Å²) >= 11 is 0. The zero-order valence-electron chi connectivity index (χ0n) is 17.7. The lowest BCUT2D eigenvalue weighted by Gasteiger charge is -2.27. The largest absolute Gasteiger partial charge is 0.454 e. The van der Waals surface area contributed by atoms with Crippen molar-refractivity contribution in [3.63, 3.8) is 0 Å². The lowest BCUT2D eigenvalue weighted by Crippen LogP contribution is -2.45. The topological polar surface area (TPSA) is 118 Å². The number of likely N-dealkylation sites (N-methyl/N-ethyl adjacent to an activating group) is 1. The van der Waals surface area contributed by atoms with Gasteiger partial charge in [-0.3, -0.25) is 9.59 Å². The van der Waals surface area contributed by atoms with Crippen molar-refractivity contribution in [2.75, 3.05) is 31.2 Å². The lowest BCUT2D eigenvalue weighted by atomic mass is 10.2. The number of rotatable bonds is 7. The molecule has 2 fully saturated rings. The second-order valence-corrected chi connectivity index (χ2v) is 12.1. The molecule has 3 rings (SSSR count). The van der Waals surface area contributed by atoms with Gasteiger partial charge in [0.15, 0.2) is 16.4 Å². The molecule has 1 aromatic rings. The maximum Gasteiger partial charge on any atom is 0.324 e. The fraction of sp³-hybridized carbons (Fsp3) is 0.600. The number of aryl methyl sites for hydroxylation is 1. The number of sulfonamides is 1.